The van der Waals surface area contributed by atoms with Crippen molar-refractivity contribution in [3.8, 4) is 5.88 Å². The highest BCUT2D eigenvalue weighted by Gasteiger charge is 2.29. The molecular weight excluding hydrogens is 312 g/mol. The van der Waals surface area contributed by atoms with Gasteiger partial charge in [-0.05, 0) is 30.0 Å². The van der Waals surface area contributed by atoms with Gasteiger partial charge in [-0.15, -0.1) is 21.5 Å². The third-order valence-corrected chi connectivity index (χ3v) is 4.78. The number of anilines is 1. The molecule has 6 nitrogen and oxygen atoms in total. The van der Waals surface area contributed by atoms with Crippen LogP contribution in [0.2, 0.25) is 0 Å². The molecule has 1 aliphatic heterocycles. The molecule has 0 aromatic carbocycles. The molecule has 0 spiro atoms. The van der Waals surface area contributed by atoms with Gasteiger partial charge in [0.05, 0.1) is 11.4 Å². The Morgan fingerprint density at radius 1 is 1.39 bits per heavy atom. The van der Waals surface area contributed by atoms with E-state index in [0.717, 1.165) is 22.7 Å². The minimum absolute atomic E-state index is 0.0282. The van der Waals surface area contributed by atoms with Crippen molar-refractivity contribution in [2.75, 3.05) is 32.1 Å². The SMILES string of the molecule is Cc1csc(C(=O)N2CCC(Oc3ccc(N(C)C)nn3)C2)c1. The van der Waals surface area contributed by atoms with Crippen LogP contribution in [0.3, 0.4) is 0 Å². The van der Waals surface area contributed by atoms with E-state index in [2.05, 4.69) is 10.2 Å². The number of hydrogen-bond donors (Lipinski definition) is 0. The first-order valence-electron chi connectivity index (χ1n) is 7.55. The molecule has 3 rings (SSSR count). The maximum atomic E-state index is 12.4. The summed E-state index contributed by atoms with van der Waals surface area (Å²) in [4.78, 5) is 16.9. The molecule has 0 aliphatic carbocycles. The van der Waals surface area contributed by atoms with Gasteiger partial charge in [-0.3, -0.25) is 4.79 Å². The first-order valence-corrected chi connectivity index (χ1v) is 8.43. The second-order valence-corrected chi connectivity index (χ2v) is 6.80. The molecular formula is C16H20N4O2S. The van der Waals surface area contributed by atoms with Gasteiger partial charge in [0.2, 0.25) is 5.88 Å². The zero-order valence-corrected chi connectivity index (χ0v) is 14.3. The van der Waals surface area contributed by atoms with Crippen molar-refractivity contribution in [1.29, 1.82) is 0 Å². The third-order valence-electron chi connectivity index (χ3n) is 3.75. The first-order chi connectivity index (χ1) is 11.0. The summed E-state index contributed by atoms with van der Waals surface area (Å²) < 4.78 is 5.85. The maximum absolute atomic E-state index is 12.4. The number of rotatable bonds is 4. The van der Waals surface area contributed by atoms with Crippen molar-refractivity contribution in [2.24, 2.45) is 0 Å². The summed E-state index contributed by atoms with van der Waals surface area (Å²) in [5.41, 5.74) is 1.13. The number of carbonyl (C=O) groups excluding carboxylic acids is 1. The van der Waals surface area contributed by atoms with Gasteiger partial charge in [-0.25, -0.2) is 0 Å². The lowest BCUT2D eigenvalue weighted by atomic mass is 10.3. The van der Waals surface area contributed by atoms with Crippen LogP contribution in [0.5, 0.6) is 5.88 Å². The van der Waals surface area contributed by atoms with E-state index in [0.29, 0.717) is 19.0 Å². The molecule has 7 heteroatoms. The van der Waals surface area contributed by atoms with Gasteiger partial charge in [0, 0.05) is 33.1 Å². The van der Waals surface area contributed by atoms with Gasteiger partial charge in [-0.1, -0.05) is 0 Å². The van der Waals surface area contributed by atoms with Crippen LogP contribution < -0.4 is 9.64 Å². The summed E-state index contributed by atoms with van der Waals surface area (Å²) in [7, 11) is 3.83. The quantitative estimate of drug-likeness (QED) is 0.859. The standard InChI is InChI=1S/C16H20N4O2S/c1-11-8-13(23-10-11)16(21)20-7-6-12(9-20)22-15-5-4-14(17-18-15)19(2)3/h4-5,8,10,12H,6-7,9H2,1-3H3. The number of carbonyl (C=O) groups is 1. The van der Waals surface area contributed by atoms with Crippen LogP contribution in [0, 0.1) is 6.92 Å². The van der Waals surface area contributed by atoms with Crippen molar-refractivity contribution in [1.82, 2.24) is 15.1 Å². The van der Waals surface area contributed by atoms with Crippen LogP contribution in [0.25, 0.3) is 0 Å². The third kappa shape index (κ3) is 3.61. The van der Waals surface area contributed by atoms with E-state index in [9.17, 15) is 4.79 Å². The minimum Gasteiger partial charge on any atom is -0.471 e. The van der Waals surface area contributed by atoms with Crippen molar-refractivity contribution >= 4 is 23.1 Å². The summed E-state index contributed by atoms with van der Waals surface area (Å²) in [6, 6.07) is 5.62. The van der Waals surface area contributed by atoms with Gasteiger partial charge >= 0.3 is 0 Å². The van der Waals surface area contributed by atoms with E-state index in [1.807, 2.05) is 54.4 Å². The van der Waals surface area contributed by atoms with Gasteiger partial charge < -0.3 is 14.5 Å². The molecule has 3 heterocycles. The number of likely N-dealkylation sites (tertiary alicyclic amines) is 1. The Bertz CT molecular complexity index is 684. The molecule has 0 bridgehead atoms. The molecule has 2 aromatic heterocycles. The number of aromatic nitrogens is 2. The summed E-state index contributed by atoms with van der Waals surface area (Å²) >= 11 is 1.49. The number of nitrogens with zero attached hydrogens (tertiary/aromatic N) is 4. The molecule has 122 valence electrons. The van der Waals surface area contributed by atoms with Crippen LogP contribution in [-0.4, -0.2) is 54.3 Å². The number of thiophene rings is 1. The Hall–Kier alpha value is -2.15. The Morgan fingerprint density at radius 2 is 2.22 bits per heavy atom. The predicted octanol–water partition coefficient (Wildman–Crippen LogP) is 2.21. The largest absolute Gasteiger partial charge is 0.471 e. The summed E-state index contributed by atoms with van der Waals surface area (Å²) in [6.45, 7) is 3.30. The Labute approximate surface area is 139 Å². The molecule has 0 saturated carbocycles. The number of ether oxygens (including phenoxy) is 1. The molecule has 23 heavy (non-hydrogen) atoms. The second kappa shape index (κ2) is 6.54. The molecule has 0 N–H and O–H groups in total. The lowest BCUT2D eigenvalue weighted by Crippen LogP contribution is -2.30. The average Bonchev–Trinajstić information content (AvgIpc) is 3.16. The summed E-state index contributed by atoms with van der Waals surface area (Å²) in [5.74, 6) is 1.37. The lowest BCUT2D eigenvalue weighted by molar-refractivity contribution is 0.0775. The Morgan fingerprint density at radius 3 is 2.83 bits per heavy atom. The number of aryl methyl sites for hydroxylation is 1. The van der Waals surface area contributed by atoms with Crippen molar-refractivity contribution in [3.05, 3.63) is 34.0 Å². The molecule has 1 atom stereocenters. The molecule has 1 aliphatic rings. The molecule has 1 fully saturated rings. The maximum Gasteiger partial charge on any atom is 0.264 e. The lowest BCUT2D eigenvalue weighted by Gasteiger charge is -2.16. The van der Waals surface area contributed by atoms with Crippen LogP contribution in [0.15, 0.2) is 23.6 Å². The molecule has 0 radical (unpaired) electrons. The highest BCUT2D eigenvalue weighted by Crippen LogP contribution is 2.22. The monoisotopic (exact) mass is 332 g/mol. The van der Waals surface area contributed by atoms with Crippen LogP contribution in [-0.2, 0) is 0 Å². The minimum atomic E-state index is -0.0282. The van der Waals surface area contributed by atoms with E-state index in [1.165, 1.54) is 11.3 Å². The van der Waals surface area contributed by atoms with E-state index in [4.69, 9.17) is 4.74 Å². The molecule has 1 unspecified atom stereocenters. The predicted molar refractivity (Wildman–Crippen MR) is 90.4 cm³/mol. The van der Waals surface area contributed by atoms with Gasteiger partial charge in [-0.2, -0.15) is 0 Å². The van der Waals surface area contributed by atoms with Crippen molar-refractivity contribution < 1.29 is 9.53 Å². The Kier molecular flexibility index (Phi) is 4.47. The Balaban J connectivity index is 1.58. The number of hydrogen-bond acceptors (Lipinski definition) is 6. The highest BCUT2D eigenvalue weighted by molar-refractivity contribution is 7.12. The smallest absolute Gasteiger partial charge is 0.264 e. The van der Waals surface area contributed by atoms with Gasteiger partial charge in [0.1, 0.15) is 6.10 Å². The average molecular weight is 332 g/mol. The number of amides is 1. The van der Waals surface area contributed by atoms with E-state index < -0.39 is 0 Å². The van der Waals surface area contributed by atoms with Crippen molar-refractivity contribution in [2.45, 2.75) is 19.4 Å². The van der Waals surface area contributed by atoms with E-state index in [-0.39, 0.29) is 12.0 Å². The van der Waals surface area contributed by atoms with Crippen LogP contribution in [0.4, 0.5) is 5.82 Å². The topological polar surface area (TPSA) is 58.6 Å². The molecule has 2 aromatic rings. The normalized spacial score (nSPS) is 17.3. The fourth-order valence-corrected chi connectivity index (χ4v) is 3.36. The van der Waals surface area contributed by atoms with Gasteiger partial charge in [0.25, 0.3) is 5.91 Å². The van der Waals surface area contributed by atoms with Crippen LogP contribution >= 0.6 is 11.3 Å². The summed E-state index contributed by atoms with van der Waals surface area (Å²) in [5, 5.41) is 10.2. The highest BCUT2D eigenvalue weighted by atomic mass is 32.1. The van der Waals surface area contributed by atoms with E-state index in [1.54, 1.807) is 0 Å². The van der Waals surface area contributed by atoms with E-state index >= 15 is 0 Å². The fourth-order valence-electron chi connectivity index (χ4n) is 2.49. The molecule has 1 amide bonds. The molecule has 1 saturated heterocycles. The second-order valence-electron chi connectivity index (χ2n) is 5.89. The fraction of sp³-hybridized carbons (Fsp3) is 0.438. The first kappa shape index (κ1) is 15.7. The van der Waals surface area contributed by atoms with Gasteiger partial charge in [0.15, 0.2) is 5.82 Å². The van der Waals surface area contributed by atoms with Crippen molar-refractivity contribution in [3.63, 3.8) is 0 Å². The summed E-state index contributed by atoms with van der Waals surface area (Å²) in [6.07, 6.45) is 0.784. The zero-order valence-electron chi connectivity index (χ0n) is 13.5. The van der Waals surface area contributed by atoms with Crippen LogP contribution in [0.1, 0.15) is 21.7 Å². The zero-order chi connectivity index (χ0) is 16.4.